The molecule has 0 saturated heterocycles. The molecular weight excluding hydrogens is 219 g/mol. The second kappa shape index (κ2) is 6.35. The molecule has 4 heteroatoms. The maximum absolute atomic E-state index is 13.4. The number of rotatable bonds is 5. The van der Waals surface area contributed by atoms with Gasteiger partial charge in [0.15, 0.2) is 0 Å². The van der Waals surface area contributed by atoms with Crippen LogP contribution in [0.5, 0.6) is 0 Å². The Morgan fingerprint density at radius 3 is 2.65 bits per heavy atom. The summed E-state index contributed by atoms with van der Waals surface area (Å²) in [6.45, 7) is 2.53. The molecule has 0 aromatic heterocycles. The molecule has 0 aliphatic carbocycles. The summed E-state index contributed by atoms with van der Waals surface area (Å²) in [6.07, 6.45) is 0.705. The molecule has 0 bridgehead atoms. The zero-order valence-electron chi connectivity index (χ0n) is 10.3. The van der Waals surface area contributed by atoms with Crippen LogP contribution >= 0.6 is 0 Å². The highest BCUT2D eigenvalue weighted by atomic mass is 19.1. The summed E-state index contributed by atoms with van der Waals surface area (Å²) in [5.74, 6) is -0.488. The van der Waals surface area contributed by atoms with E-state index in [1.54, 1.807) is 25.2 Å². The summed E-state index contributed by atoms with van der Waals surface area (Å²) in [6, 6.07) is 6.47. The standard InChI is InChI=1S/C13H19FN2O/c1-3-10(8-15)13(17)16(2)9-11-6-4-5-7-12(11)14/h4-7,10H,3,8-9,15H2,1-2H3. The topological polar surface area (TPSA) is 46.3 Å². The normalized spacial score (nSPS) is 12.2. The Labute approximate surface area is 101 Å². The second-order valence-electron chi connectivity index (χ2n) is 4.13. The third-order valence-corrected chi connectivity index (χ3v) is 2.87. The smallest absolute Gasteiger partial charge is 0.226 e. The average Bonchev–Trinajstić information content (AvgIpc) is 2.33. The van der Waals surface area contributed by atoms with Gasteiger partial charge in [-0.05, 0) is 12.5 Å². The van der Waals surface area contributed by atoms with Crippen LogP contribution in [0, 0.1) is 11.7 Å². The molecule has 1 aromatic rings. The molecule has 1 aromatic carbocycles. The van der Waals surface area contributed by atoms with Crippen LogP contribution in [0.15, 0.2) is 24.3 Å². The van der Waals surface area contributed by atoms with Crippen molar-refractivity contribution in [1.29, 1.82) is 0 Å². The van der Waals surface area contributed by atoms with Gasteiger partial charge >= 0.3 is 0 Å². The van der Waals surface area contributed by atoms with Crippen LogP contribution in [0.25, 0.3) is 0 Å². The van der Waals surface area contributed by atoms with E-state index in [-0.39, 0.29) is 24.2 Å². The molecule has 17 heavy (non-hydrogen) atoms. The molecule has 1 amide bonds. The summed E-state index contributed by atoms with van der Waals surface area (Å²) in [4.78, 5) is 13.5. The van der Waals surface area contributed by atoms with Crippen molar-refractivity contribution in [2.75, 3.05) is 13.6 Å². The van der Waals surface area contributed by atoms with Crippen LogP contribution in [-0.2, 0) is 11.3 Å². The van der Waals surface area contributed by atoms with Crippen molar-refractivity contribution in [2.24, 2.45) is 11.7 Å². The number of hydrogen-bond donors (Lipinski definition) is 1. The molecule has 0 saturated carbocycles. The molecule has 0 spiro atoms. The van der Waals surface area contributed by atoms with Gasteiger partial charge in [-0.2, -0.15) is 0 Å². The summed E-state index contributed by atoms with van der Waals surface area (Å²) >= 11 is 0. The number of nitrogens with zero attached hydrogens (tertiary/aromatic N) is 1. The van der Waals surface area contributed by atoms with Gasteiger partial charge in [0.25, 0.3) is 0 Å². The molecule has 0 aliphatic heterocycles. The lowest BCUT2D eigenvalue weighted by Gasteiger charge is -2.22. The van der Waals surface area contributed by atoms with Gasteiger partial charge in [-0.1, -0.05) is 25.1 Å². The molecule has 1 atom stereocenters. The van der Waals surface area contributed by atoms with Crippen LogP contribution in [0.2, 0.25) is 0 Å². The van der Waals surface area contributed by atoms with Gasteiger partial charge in [-0.25, -0.2) is 4.39 Å². The van der Waals surface area contributed by atoms with Crippen molar-refractivity contribution < 1.29 is 9.18 Å². The van der Waals surface area contributed by atoms with Gasteiger partial charge in [0.2, 0.25) is 5.91 Å². The molecule has 0 aliphatic rings. The molecule has 2 N–H and O–H groups in total. The average molecular weight is 238 g/mol. The fourth-order valence-corrected chi connectivity index (χ4v) is 1.71. The number of carbonyl (C=O) groups is 1. The van der Waals surface area contributed by atoms with Crippen molar-refractivity contribution in [1.82, 2.24) is 4.90 Å². The number of carbonyl (C=O) groups excluding carboxylic acids is 1. The Kier molecular flexibility index (Phi) is 5.10. The highest BCUT2D eigenvalue weighted by molar-refractivity contribution is 5.78. The van der Waals surface area contributed by atoms with Crippen molar-refractivity contribution in [3.63, 3.8) is 0 Å². The van der Waals surface area contributed by atoms with Gasteiger partial charge in [0.05, 0.1) is 5.92 Å². The third-order valence-electron chi connectivity index (χ3n) is 2.87. The Morgan fingerprint density at radius 1 is 1.47 bits per heavy atom. The first-order chi connectivity index (χ1) is 8.10. The van der Waals surface area contributed by atoms with E-state index in [4.69, 9.17) is 5.73 Å². The maximum atomic E-state index is 13.4. The molecule has 0 heterocycles. The van der Waals surface area contributed by atoms with Crippen LogP contribution in [0.4, 0.5) is 4.39 Å². The van der Waals surface area contributed by atoms with Crippen LogP contribution in [0.1, 0.15) is 18.9 Å². The lowest BCUT2D eigenvalue weighted by atomic mass is 10.1. The van der Waals surface area contributed by atoms with Crippen LogP contribution in [0.3, 0.4) is 0 Å². The molecule has 3 nitrogen and oxygen atoms in total. The number of amides is 1. The minimum absolute atomic E-state index is 0.0294. The highest BCUT2D eigenvalue weighted by Crippen LogP contribution is 2.12. The zero-order valence-corrected chi connectivity index (χ0v) is 10.3. The van der Waals surface area contributed by atoms with Gasteiger partial charge < -0.3 is 10.6 Å². The van der Waals surface area contributed by atoms with Crippen LogP contribution < -0.4 is 5.73 Å². The molecule has 1 unspecified atom stereocenters. The summed E-state index contributed by atoms with van der Waals surface area (Å²) in [7, 11) is 1.67. The van der Waals surface area contributed by atoms with Gasteiger partial charge in [-0.3, -0.25) is 4.79 Å². The first-order valence-corrected chi connectivity index (χ1v) is 5.78. The predicted molar refractivity (Wildman–Crippen MR) is 65.7 cm³/mol. The first-order valence-electron chi connectivity index (χ1n) is 5.78. The molecule has 0 fully saturated rings. The largest absolute Gasteiger partial charge is 0.341 e. The maximum Gasteiger partial charge on any atom is 0.226 e. The number of halogens is 1. The number of nitrogens with two attached hydrogens (primary N) is 1. The minimum atomic E-state index is -0.284. The van der Waals surface area contributed by atoms with E-state index in [1.807, 2.05) is 6.92 Å². The minimum Gasteiger partial charge on any atom is -0.341 e. The van der Waals surface area contributed by atoms with Crippen molar-refractivity contribution >= 4 is 5.91 Å². The van der Waals surface area contributed by atoms with E-state index in [0.29, 0.717) is 18.5 Å². The van der Waals surface area contributed by atoms with E-state index >= 15 is 0 Å². The summed E-state index contributed by atoms with van der Waals surface area (Å²) in [5.41, 5.74) is 6.05. The van der Waals surface area contributed by atoms with E-state index in [9.17, 15) is 9.18 Å². The highest BCUT2D eigenvalue weighted by Gasteiger charge is 2.19. The van der Waals surface area contributed by atoms with E-state index < -0.39 is 0 Å². The number of benzene rings is 1. The summed E-state index contributed by atoms with van der Waals surface area (Å²) in [5, 5.41) is 0. The lowest BCUT2D eigenvalue weighted by molar-refractivity contribution is -0.134. The molecule has 94 valence electrons. The molecule has 1 rings (SSSR count). The Balaban J connectivity index is 2.69. The Bertz CT molecular complexity index is 377. The fraction of sp³-hybridized carbons (Fsp3) is 0.462. The van der Waals surface area contributed by atoms with Gasteiger partial charge in [0.1, 0.15) is 5.82 Å². The fourth-order valence-electron chi connectivity index (χ4n) is 1.71. The van der Waals surface area contributed by atoms with Gasteiger partial charge in [-0.15, -0.1) is 0 Å². The van der Waals surface area contributed by atoms with Gasteiger partial charge in [0, 0.05) is 25.7 Å². The first kappa shape index (κ1) is 13.6. The Hall–Kier alpha value is -1.42. The van der Waals surface area contributed by atoms with Crippen molar-refractivity contribution in [2.45, 2.75) is 19.9 Å². The predicted octanol–water partition coefficient (Wildman–Crippen LogP) is 1.77. The SMILES string of the molecule is CCC(CN)C(=O)N(C)Cc1ccccc1F. The number of hydrogen-bond acceptors (Lipinski definition) is 2. The molecular formula is C13H19FN2O. The second-order valence-corrected chi connectivity index (χ2v) is 4.13. The zero-order chi connectivity index (χ0) is 12.8. The van der Waals surface area contributed by atoms with Crippen molar-refractivity contribution in [3.05, 3.63) is 35.6 Å². The summed E-state index contributed by atoms with van der Waals surface area (Å²) < 4.78 is 13.4. The quantitative estimate of drug-likeness (QED) is 0.849. The molecule has 0 radical (unpaired) electrons. The lowest BCUT2D eigenvalue weighted by Crippen LogP contribution is -2.36. The van der Waals surface area contributed by atoms with E-state index in [1.165, 1.54) is 11.0 Å². The Morgan fingerprint density at radius 2 is 2.12 bits per heavy atom. The third kappa shape index (κ3) is 3.53. The monoisotopic (exact) mass is 238 g/mol. The van der Waals surface area contributed by atoms with E-state index in [2.05, 4.69) is 0 Å². The van der Waals surface area contributed by atoms with Crippen molar-refractivity contribution in [3.8, 4) is 0 Å². The van der Waals surface area contributed by atoms with E-state index in [0.717, 1.165) is 0 Å². The van der Waals surface area contributed by atoms with Crippen LogP contribution in [-0.4, -0.2) is 24.4 Å².